The van der Waals surface area contributed by atoms with Crippen LogP contribution in [0.2, 0.25) is 10.0 Å². The first-order valence-corrected chi connectivity index (χ1v) is 16.4. The number of amides is 1. The number of rotatable bonds is 8. The van der Waals surface area contributed by atoms with Gasteiger partial charge in [-0.25, -0.2) is 16.8 Å². The van der Waals surface area contributed by atoms with Crippen molar-refractivity contribution < 1.29 is 21.6 Å². The molecule has 202 valence electrons. The standard InChI is InChI=1S/C25H25Cl2N3O5S3/c1-36-20-5-9-22(10-6-20)38(34,35)30-14-12-17(13-15-30)25(31)28-19-3-7-21(8-4-19)37(32,33)29-24-11-2-18(26)16-23(24)27/h2-11,16-17,29H,12-15H2,1H3,(H,28,31). The lowest BCUT2D eigenvalue weighted by atomic mass is 9.97. The Kier molecular flexibility index (Phi) is 8.96. The Bertz CT molecular complexity index is 1520. The molecule has 1 fully saturated rings. The van der Waals surface area contributed by atoms with E-state index in [4.69, 9.17) is 23.2 Å². The minimum Gasteiger partial charge on any atom is -0.326 e. The maximum absolute atomic E-state index is 13.0. The van der Waals surface area contributed by atoms with Gasteiger partial charge in [0.2, 0.25) is 15.9 Å². The number of halogens is 2. The minimum atomic E-state index is -3.92. The smallest absolute Gasteiger partial charge is 0.261 e. The Balaban J connectivity index is 1.34. The van der Waals surface area contributed by atoms with Crippen molar-refractivity contribution in [2.45, 2.75) is 27.5 Å². The lowest BCUT2D eigenvalue weighted by Gasteiger charge is -2.30. The number of benzene rings is 3. The number of hydrogen-bond donors (Lipinski definition) is 2. The molecule has 0 aliphatic carbocycles. The lowest BCUT2D eigenvalue weighted by Crippen LogP contribution is -2.41. The van der Waals surface area contributed by atoms with Crippen LogP contribution in [-0.2, 0) is 24.8 Å². The van der Waals surface area contributed by atoms with Crippen molar-refractivity contribution in [3.63, 3.8) is 0 Å². The van der Waals surface area contributed by atoms with Crippen molar-refractivity contribution in [2.24, 2.45) is 5.92 Å². The molecule has 8 nitrogen and oxygen atoms in total. The van der Waals surface area contributed by atoms with E-state index in [9.17, 15) is 21.6 Å². The molecule has 4 rings (SSSR count). The highest BCUT2D eigenvalue weighted by Crippen LogP contribution is 2.29. The van der Waals surface area contributed by atoms with Crippen LogP contribution in [0.3, 0.4) is 0 Å². The number of carbonyl (C=O) groups excluding carboxylic acids is 1. The molecule has 0 aromatic heterocycles. The molecule has 0 atom stereocenters. The Morgan fingerprint density at radius 2 is 1.50 bits per heavy atom. The first-order valence-electron chi connectivity index (χ1n) is 11.5. The zero-order chi connectivity index (χ0) is 27.5. The molecule has 0 radical (unpaired) electrons. The van der Waals surface area contributed by atoms with Crippen molar-refractivity contribution in [1.82, 2.24) is 4.31 Å². The number of nitrogens with one attached hydrogen (secondary N) is 2. The maximum atomic E-state index is 13.0. The average molecular weight is 615 g/mol. The molecule has 1 saturated heterocycles. The predicted octanol–water partition coefficient (Wildman–Crippen LogP) is 5.56. The summed E-state index contributed by atoms with van der Waals surface area (Å²) in [5.74, 6) is -0.606. The molecule has 0 bridgehead atoms. The van der Waals surface area contributed by atoms with Gasteiger partial charge in [0.15, 0.2) is 0 Å². The van der Waals surface area contributed by atoms with E-state index in [0.717, 1.165) is 4.90 Å². The van der Waals surface area contributed by atoms with Crippen LogP contribution in [0.4, 0.5) is 11.4 Å². The third kappa shape index (κ3) is 6.64. The molecular formula is C25H25Cl2N3O5S3. The van der Waals surface area contributed by atoms with E-state index in [1.54, 1.807) is 24.3 Å². The molecule has 38 heavy (non-hydrogen) atoms. The Morgan fingerprint density at radius 1 is 0.895 bits per heavy atom. The van der Waals surface area contributed by atoms with Gasteiger partial charge >= 0.3 is 0 Å². The fourth-order valence-corrected chi connectivity index (χ4v) is 7.46. The zero-order valence-electron chi connectivity index (χ0n) is 20.2. The Hall–Kier alpha value is -2.28. The molecular weight excluding hydrogens is 589 g/mol. The van der Waals surface area contributed by atoms with E-state index in [-0.39, 0.29) is 45.4 Å². The molecule has 1 aliphatic heterocycles. The van der Waals surface area contributed by atoms with E-state index in [1.165, 1.54) is 58.5 Å². The van der Waals surface area contributed by atoms with Crippen LogP contribution < -0.4 is 10.0 Å². The fourth-order valence-electron chi connectivity index (χ4n) is 3.99. The van der Waals surface area contributed by atoms with Crippen LogP contribution in [0.25, 0.3) is 0 Å². The minimum absolute atomic E-state index is 0.00871. The van der Waals surface area contributed by atoms with Gasteiger partial charge in [0.1, 0.15) is 0 Å². The predicted molar refractivity (Wildman–Crippen MR) is 152 cm³/mol. The molecule has 0 unspecified atom stereocenters. The zero-order valence-corrected chi connectivity index (χ0v) is 24.2. The van der Waals surface area contributed by atoms with Crippen LogP contribution in [0, 0.1) is 5.92 Å². The summed E-state index contributed by atoms with van der Waals surface area (Å²) in [4.78, 5) is 14.0. The summed E-state index contributed by atoms with van der Waals surface area (Å²) in [5.41, 5.74) is 0.626. The number of nitrogens with zero attached hydrogens (tertiary/aromatic N) is 1. The summed E-state index contributed by atoms with van der Waals surface area (Å²) in [6.45, 7) is 0.474. The van der Waals surface area contributed by atoms with Crippen molar-refractivity contribution in [1.29, 1.82) is 0 Å². The van der Waals surface area contributed by atoms with Gasteiger partial charge in [-0.2, -0.15) is 4.31 Å². The van der Waals surface area contributed by atoms with Gasteiger partial charge < -0.3 is 5.32 Å². The topological polar surface area (TPSA) is 113 Å². The van der Waals surface area contributed by atoms with Crippen molar-refractivity contribution in [3.8, 4) is 0 Å². The second-order valence-corrected chi connectivity index (χ2v) is 13.9. The van der Waals surface area contributed by atoms with Crippen LogP contribution in [0.1, 0.15) is 12.8 Å². The first kappa shape index (κ1) is 28.7. The summed E-state index contributed by atoms with van der Waals surface area (Å²) in [6, 6.07) is 16.9. The quantitative estimate of drug-likeness (QED) is 0.322. The van der Waals surface area contributed by atoms with E-state index in [0.29, 0.717) is 23.6 Å². The lowest BCUT2D eigenvalue weighted by molar-refractivity contribution is -0.120. The van der Waals surface area contributed by atoms with Crippen molar-refractivity contribution in [2.75, 3.05) is 29.4 Å². The monoisotopic (exact) mass is 613 g/mol. The Labute approximate surface area is 236 Å². The summed E-state index contributed by atoms with van der Waals surface area (Å²) >= 11 is 13.5. The van der Waals surface area contributed by atoms with Gasteiger partial charge in [0.25, 0.3) is 10.0 Å². The van der Waals surface area contributed by atoms with Gasteiger partial charge in [-0.1, -0.05) is 23.2 Å². The number of sulfonamides is 2. The number of anilines is 2. The van der Waals surface area contributed by atoms with Gasteiger partial charge in [0, 0.05) is 34.6 Å². The van der Waals surface area contributed by atoms with E-state index < -0.39 is 20.0 Å². The first-order chi connectivity index (χ1) is 18.0. The third-order valence-corrected chi connectivity index (χ3v) is 10.7. The van der Waals surface area contributed by atoms with Gasteiger partial charge in [-0.3, -0.25) is 9.52 Å². The van der Waals surface area contributed by atoms with Gasteiger partial charge in [-0.05, 0) is 85.8 Å². The molecule has 0 spiro atoms. The van der Waals surface area contributed by atoms with Gasteiger partial charge in [0.05, 0.1) is 20.5 Å². The summed E-state index contributed by atoms with van der Waals surface area (Å²) in [7, 11) is -7.54. The normalized spacial score (nSPS) is 15.2. The van der Waals surface area contributed by atoms with E-state index in [2.05, 4.69) is 10.0 Å². The van der Waals surface area contributed by atoms with E-state index in [1.807, 2.05) is 6.26 Å². The number of piperidine rings is 1. The highest BCUT2D eigenvalue weighted by atomic mass is 35.5. The van der Waals surface area contributed by atoms with Crippen molar-refractivity contribution in [3.05, 3.63) is 76.8 Å². The molecule has 3 aromatic carbocycles. The molecule has 13 heteroatoms. The van der Waals surface area contributed by atoms with Crippen LogP contribution in [0.15, 0.2) is 81.4 Å². The highest BCUT2D eigenvalue weighted by Gasteiger charge is 2.32. The SMILES string of the molecule is CSc1ccc(S(=O)(=O)N2CCC(C(=O)Nc3ccc(S(=O)(=O)Nc4ccc(Cl)cc4Cl)cc3)CC2)cc1. The number of carbonyl (C=O) groups is 1. The van der Waals surface area contributed by atoms with E-state index >= 15 is 0 Å². The number of hydrogen-bond acceptors (Lipinski definition) is 6. The van der Waals surface area contributed by atoms with Crippen LogP contribution >= 0.6 is 35.0 Å². The second kappa shape index (κ2) is 11.8. The maximum Gasteiger partial charge on any atom is 0.261 e. The molecule has 3 aromatic rings. The Morgan fingerprint density at radius 3 is 2.08 bits per heavy atom. The number of thioether (sulfide) groups is 1. The van der Waals surface area contributed by atoms with Gasteiger partial charge in [-0.15, -0.1) is 11.8 Å². The largest absolute Gasteiger partial charge is 0.326 e. The van der Waals surface area contributed by atoms with Crippen molar-refractivity contribution >= 4 is 72.3 Å². The average Bonchev–Trinajstić information content (AvgIpc) is 2.90. The summed E-state index contributed by atoms with van der Waals surface area (Å²) in [6.07, 6.45) is 2.69. The molecule has 1 amide bonds. The second-order valence-electron chi connectivity index (χ2n) is 8.60. The van der Waals surface area contributed by atoms with Crippen LogP contribution in [0.5, 0.6) is 0 Å². The highest BCUT2D eigenvalue weighted by molar-refractivity contribution is 7.98. The van der Waals surface area contributed by atoms with Crippen LogP contribution in [-0.4, -0.2) is 46.4 Å². The summed E-state index contributed by atoms with van der Waals surface area (Å²) in [5, 5.41) is 3.34. The molecule has 1 heterocycles. The molecule has 1 aliphatic rings. The fraction of sp³-hybridized carbons (Fsp3) is 0.240. The summed E-state index contributed by atoms with van der Waals surface area (Å²) < 4.78 is 55.2. The molecule has 2 N–H and O–H groups in total. The molecule has 0 saturated carbocycles. The third-order valence-electron chi connectivity index (χ3n) is 6.13.